The summed E-state index contributed by atoms with van der Waals surface area (Å²) in [7, 11) is 3.52. The number of nitrogens with one attached hydrogen (secondary N) is 2. The Labute approximate surface area is 187 Å². The van der Waals surface area contributed by atoms with Crippen LogP contribution in [-0.4, -0.2) is 70.5 Å². The lowest BCUT2D eigenvalue weighted by molar-refractivity contribution is 0.0132. The highest BCUT2D eigenvalue weighted by Gasteiger charge is 2.22. The van der Waals surface area contributed by atoms with Gasteiger partial charge in [0.2, 0.25) is 0 Å². The molecule has 1 saturated heterocycles. The minimum atomic E-state index is 0. The van der Waals surface area contributed by atoms with E-state index in [0.29, 0.717) is 12.0 Å². The molecule has 1 aliphatic rings. The van der Waals surface area contributed by atoms with Gasteiger partial charge in [0, 0.05) is 39.3 Å². The summed E-state index contributed by atoms with van der Waals surface area (Å²) in [6.45, 7) is 10.0. The molecule has 0 bridgehead atoms. The number of benzene rings is 1. The second-order valence-corrected chi connectivity index (χ2v) is 7.41. The molecule has 1 aromatic rings. The molecule has 1 aliphatic heterocycles. The Balaban J connectivity index is 0.00000392. The Kier molecular flexibility index (Phi) is 12.5. The van der Waals surface area contributed by atoms with E-state index in [1.807, 2.05) is 19.2 Å². The fraction of sp³-hybridized carbons (Fsp3) is 0.667. The maximum atomic E-state index is 5.51. The molecule has 0 aliphatic carbocycles. The first kappa shape index (κ1) is 25.0. The van der Waals surface area contributed by atoms with Gasteiger partial charge < -0.3 is 20.1 Å². The summed E-state index contributed by atoms with van der Waals surface area (Å²) in [6.07, 6.45) is 2.12. The molecular formula is C21H37IN4O2. The second-order valence-electron chi connectivity index (χ2n) is 7.41. The van der Waals surface area contributed by atoms with Crippen molar-refractivity contribution in [3.8, 4) is 5.75 Å². The van der Waals surface area contributed by atoms with Crippen molar-refractivity contribution in [3.05, 3.63) is 29.8 Å². The molecule has 2 rings (SSSR count). The number of halogens is 1. The lowest BCUT2D eigenvalue weighted by Gasteiger charge is -2.35. The van der Waals surface area contributed by atoms with Crippen molar-refractivity contribution in [1.29, 1.82) is 0 Å². The molecule has 28 heavy (non-hydrogen) atoms. The van der Waals surface area contributed by atoms with E-state index in [-0.39, 0.29) is 24.0 Å². The van der Waals surface area contributed by atoms with Gasteiger partial charge in [-0.15, -0.1) is 24.0 Å². The summed E-state index contributed by atoms with van der Waals surface area (Å²) < 4.78 is 10.7. The highest BCUT2D eigenvalue weighted by molar-refractivity contribution is 14.0. The van der Waals surface area contributed by atoms with Crippen LogP contribution in [-0.2, 0) is 11.2 Å². The summed E-state index contributed by atoms with van der Waals surface area (Å²) in [6, 6.07) is 8.72. The fourth-order valence-corrected chi connectivity index (χ4v) is 3.40. The van der Waals surface area contributed by atoms with Crippen LogP contribution in [0.5, 0.6) is 5.75 Å². The van der Waals surface area contributed by atoms with Crippen LogP contribution in [0.1, 0.15) is 25.8 Å². The number of hydrogen-bond donors (Lipinski definition) is 2. The smallest absolute Gasteiger partial charge is 0.191 e. The zero-order valence-corrected chi connectivity index (χ0v) is 20.1. The lowest BCUT2D eigenvalue weighted by Crippen LogP contribution is -2.51. The first-order chi connectivity index (χ1) is 13.1. The van der Waals surface area contributed by atoms with E-state index in [1.54, 1.807) is 7.11 Å². The average Bonchev–Trinajstić information content (AvgIpc) is 2.70. The van der Waals surface area contributed by atoms with Gasteiger partial charge in [0.05, 0.1) is 20.3 Å². The van der Waals surface area contributed by atoms with Gasteiger partial charge in [0.1, 0.15) is 5.75 Å². The second kappa shape index (κ2) is 14.0. The summed E-state index contributed by atoms with van der Waals surface area (Å²) in [5.74, 6) is 2.43. The molecule has 1 unspecified atom stereocenters. The maximum absolute atomic E-state index is 5.51. The number of rotatable bonds is 9. The Morgan fingerprint density at radius 3 is 2.43 bits per heavy atom. The van der Waals surface area contributed by atoms with Crippen molar-refractivity contribution >= 4 is 29.9 Å². The van der Waals surface area contributed by atoms with Crippen molar-refractivity contribution in [2.45, 2.75) is 32.7 Å². The Morgan fingerprint density at radius 1 is 1.18 bits per heavy atom. The summed E-state index contributed by atoms with van der Waals surface area (Å²) in [4.78, 5) is 6.92. The van der Waals surface area contributed by atoms with Gasteiger partial charge in [-0.25, -0.2) is 0 Å². The summed E-state index contributed by atoms with van der Waals surface area (Å²) in [5.41, 5.74) is 1.28. The summed E-state index contributed by atoms with van der Waals surface area (Å²) >= 11 is 0. The van der Waals surface area contributed by atoms with Crippen LogP contribution in [0.15, 0.2) is 29.3 Å². The lowest BCUT2D eigenvalue weighted by atomic mass is 10.0. The molecule has 160 valence electrons. The van der Waals surface area contributed by atoms with Crippen LogP contribution in [0.2, 0.25) is 0 Å². The highest BCUT2D eigenvalue weighted by Crippen LogP contribution is 2.13. The number of methoxy groups -OCH3 is 1. The molecule has 1 fully saturated rings. The van der Waals surface area contributed by atoms with Crippen LogP contribution >= 0.6 is 24.0 Å². The van der Waals surface area contributed by atoms with Crippen molar-refractivity contribution < 1.29 is 9.47 Å². The zero-order chi connectivity index (χ0) is 19.5. The van der Waals surface area contributed by atoms with Gasteiger partial charge in [0.25, 0.3) is 0 Å². The molecule has 1 heterocycles. The van der Waals surface area contributed by atoms with E-state index < -0.39 is 0 Å². The minimum Gasteiger partial charge on any atom is -0.497 e. The normalized spacial score (nSPS) is 16.4. The molecule has 2 N–H and O–H groups in total. The number of morpholine rings is 1. The van der Waals surface area contributed by atoms with Gasteiger partial charge in [-0.2, -0.15) is 0 Å². The van der Waals surface area contributed by atoms with Gasteiger partial charge >= 0.3 is 0 Å². The first-order valence-electron chi connectivity index (χ1n) is 10.0. The van der Waals surface area contributed by atoms with Crippen LogP contribution in [0.25, 0.3) is 0 Å². The number of nitrogens with zero attached hydrogens (tertiary/aromatic N) is 2. The molecule has 0 radical (unpaired) electrons. The number of hydrogen-bond acceptors (Lipinski definition) is 4. The predicted octanol–water partition coefficient (Wildman–Crippen LogP) is 2.77. The molecule has 0 aromatic heterocycles. The topological polar surface area (TPSA) is 58.1 Å². The summed E-state index contributed by atoms with van der Waals surface area (Å²) in [5, 5.41) is 6.94. The number of guanidine groups is 1. The first-order valence-corrected chi connectivity index (χ1v) is 10.0. The molecular weight excluding hydrogens is 467 g/mol. The van der Waals surface area contributed by atoms with E-state index in [1.165, 1.54) is 12.0 Å². The Morgan fingerprint density at radius 2 is 1.86 bits per heavy atom. The number of aliphatic imine (C=N–C) groups is 1. The highest BCUT2D eigenvalue weighted by atomic mass is 127. The van der Waals surface area contributed by atoms with Crippen LogP contribution in [0.4, 0.5) is 0 Å². The van der Waals surface area contributed by atoms with E-state index in [9.17, 15) is 0 Å². The third-order valence-corrected chi connectivity index (χ3v) is 4.90. The maximum Gasteiger partial charge on any atom is 0.191 e. The SMILES string of the molecule is CN=C(NCCc1ccc(OC)cc1)NCC(CC(C)C)N1CCOCC1.I. The molecule has 0 spiro atoms. The molecule has 1 aromatic carbocycles. The Bertz CT molecular complexity index is 560. The van der Waals surface area contributed by atoms with Crippen molar-refractivity contribution in [1.82, 2.24) is 15.5 Å². The minimum absolute atomic E-state index is 0. The Hall–Kier alpha value is -1.06. The van der Waals surface area contributed by atoms with Crippen molar-refractivity contribution in [2.24, 2.45) is 10.9 Å². The largest absolute Gasteiger partial charge is 0.497 e. The third kappa shape index (κ3) is 8.96. The molecule has 7 heteroatoms. The fourth-order valence-electron chi connectivity index (χ4n) is 3.40. The third-order valence-electron chi connectivity index (χ3n) is 4.90. The van der Waals surface area contributed by atoms with Crippen LogP contribution in [0.3, 0.4) is 0 Å². The van der Waals surface area contributed by atoms with E-state index in [4.69, 9.17) is 9.47 Å². The van der Waals surface area contributed by atoms with Crippen LogP contribution < -0.4 is 15.4 Å². The van der Waals surface area contributed by atoms with Gasteiger partial charge in [-0.3, -0.25) is 9.89 Å². The zero-order valence-electron chi connectivity index (χ0n) is 17.7. The van der Waals surface area contributed by atoms with E-state index in [0.717, 1.165) is 57.5 Å². The standard InChI is InChI=1S/C21H36N4O2.HI/c1-17(2)15-19(25-11-13-27-14-12-25)16-24-21(22-3)23-10-9-18-5-7-20(26-4)8-6-18;/h5-8,17,19H,9-16H2,1-4H3,(H2,22,23,24);1H. The average molecular weight is 504 g/mol. The molecule has 1 atom stereocenters. The van der Waals surface area contributed by atoms with Gasteiger partial charge in [0.15, 0.2) is 5.96 Å². The monoisotopic (exact) mass is 504 g/mol. The van der Waals surface area contributed by atoms with Gasteiger partial charge in [-0.1, -0.05) is 26.0 Å². The molecule has 0 saturated carbocycles. The molecule has 0 amide bonds. The van der Waals surface area contributed by atoms with Crippen molar-refractivity contribution in [3.63, 3.8) is 0 Å². The number of ether oxygens (including phenoxy) is 2. The van der Waals surface area contributed by atoms with E-state index in [2.05, 4.69) is 46.5 Å². The quantitative estimate of drug-likeness (QED) is 0.308. The molecule has 6 nitrogen and oxygen atoms in total. The van der Waals surface area contributed by atoms with Crippen molar-refractivity contribution in [2.75, 3.05) is 53.6 Å². The van der Waals surface area contributed by atoms with Crippen LogP contribution in [0, 0.1) is 5.92 Å². The van der Waals surface area contributed by atoms with Gasteiger partial charge in [-0.05, 0) is 36.5 Å². The predicted molar refractivity (Wildman–Crippen MR) is 127 cm³/mol. The van der Waals surface area contributed by atoms with E-state index >= 15 is 0 Å².